The number of alkyl halides is 1. The summed E-state index contributed by atoms with van der Waals surface area (Å²) in [6.07, 6.45) is 3.18. The summed E-state index contributed by atoms with van der Waals surface area (Å²) in [6.45, 7) is 4.18. The third-order valence-corrected chi connectivity index (χ3v) is 5.34. The molecule has 1 N–H and O–H groups in total. The summed E-state index contributed by atoms with van der Waals surface area (Å²) in [7, 11) is 0. The third-order valence-electron chi connectivity index (χ3n) is 2.72. The lowest BCUT2D eigenvalue weighted by molar-refractivity contribution is -0.122. The molecule has 0 saturated carbocycles. The molecule has 1 saturated heterocycles. The topological polar surface area (TPSA) is 29.1 Å². The van der Waals surface area contributed by atoms with E-state index in [9.17, 15) is 4.79 Å². The van der Waals surface area contributed by atoms with Crippen molar-refractivity contribution in [3.8, 4) is 0 Å². The molecule has 1 aliphatic heterocycles. The molecule has 0 bridgehead atoms. The number of halogens is 1. The van der Waals surface area contributed by atoms with Gasteiger partial charge in [-0.05, 0) is 31.9 Å². The average Bonchev–Trinajstić information content (AvgIpc) is 2.70. The summed E-state index contributed by atoms with van der Waals surface area (Å²) in [4.78, 5) is 11.8. The van der Waals surface area contributed by atoms with Gasteiger partial charge in [0.25, 0.3) is 0 Å². The van der Waals surface area contributed by atoms with Crippen molar-refractivity contribution in [1.82, 2.24) is 5.32 Å². The predicted octanol–water partition coefficient (Wildman–Crippen LogP) is 2.56. The van der Waals surface area contributed by atoms with Gasteiger partial charge in [-0.25, -0.2) is 0 Å². The minimum Gasteiger partial charge on any atom is -0.349 e. The summed E-state index contributed by atoms with van der Waals surface area (Å²) in [6, 6.07) is 0. The van der Waals surface area contributed by atoms with Crippen LogP contribution >= 0.6 is 27.7 Å². The molecule has 1 amide bonds. The molecule has 0 aromatic rings. The van der Waals surface area contributed by atoms with Gasteiger partial charge in [0.2, 0.25) is 5.91 Å². The van der Waals surface area contributed by atoms with Crippen molar-refractivity contribution in [3.05, 3.63) is 0 Å². The van der Waals surface area contributed by atoms with Crippen molar-refractivity contribution in [3.63, 3.8) is 0 Å². The molecule has 2 nitrogen and oxygen atoms in total. The molecule has 0 aromatic carbocycles. The largest absolute Gasteiger partial charge is 0.349 e. The van der Waals surface area contributed by atoms with Gasteiger partial charge in [0.05, 0.1) is 5.25 Å². The van der Waals surface area contributed by atoms with Crippen LogP contribution in [-0.4, -0.2) is 27.8 Å². The Labute approximate surface area is 98.7 Å². The van der Waals surface area contributed by atoms with Crippen LogP contribution in [0.25, 0.3) is 0 Å². The first kappa shape index (κ1) is 12.4. The normalized spacial score (nSPS) is 25.8. The zero-order valence-electron chi connectivity index (χ0n) is 8.81. The summed E-state index contributed by atoms with van der Waals surface area (Å²) in [5.41, 5.74) is -0.0831. The summed E-state index contributed by atoms with van der Waals surface area (Å²) >= 11 is 5.23. The molecule has 1 fully saturated rings. The lowest BCUT2D eigenvalue weighted by Crippen LogP contribution is -2.49. The van der Waals surface area contributed by atoms with Crippen LogP contribution in [0.5, 0.6) is 0 Å². The quantitative estimate of drug-likeness (QED) is 0.802. The van der Waals surface area contributed by atoms with Gasteiger partial charge in [-0.1, -0.05) is 22.9 Å². The highest BCUT2D eigenvalue weighted by atomic mass is 79.9. The molecular formula is C10H18BrNOS. The van der Waals surface area contributed by atoms with Crippen molar-refractivity contribution < 1.29 is 4.79 Å². The molecular weight excluding hydrogens is 262 g/mol. The molecule has 2 unspecified atom stereocenters. The zero-order valence-corrected chi connectivity index (χ0v) is 11.2. The Bertz CT molecular complexity index is 200. The van der Waals surface area contributed by atoms with Crippen molar-refractivity contribution in [2.45, 2.75) is 43.9 Å². The second-order valence-corrected chi connectivity index (χ2v) is 5.91. The molecule has 14 heavy (non-hydrogen) atoms. The highest BCUT2D eigenvalue weighted by molar-refractivity contribution is 9.09. The average molecular weight is 280 g/mol. The highest BCUT2D eigenvalue weighted by Gasteiger charge is 2.29. The van der Waals surface area contributed by atoms with Gasteiger partial charge in [-0.15, -0.1) is 11.8 Å². The number of nitrogens with one attached hydrogen (secondary N) is 1. The summed E-state index contributed by atoms with van der Waals surface area (Å²) < 4.78 is 0. The van der Waals surface area contributed by atoms with E-state index < -0.39 is 0 Å². The van der Waals surface area contributed by atoms with E-state index in [2.05, 4.69) is 35.1 Å². The minimum atomic E-state index is -0.0831. The van der Waals surface area contributed by atoms with Crippen molar-refractivity contribution in [1.29, 1.82) is 0 Å². The van der Waals surface area contributed by atoms with E-state index in [1.54, 1.807) is 11.8 Å². The first-order valence-electron chi connectivity index (χ1n) is 5.11. The fourth-order valence-corrected chi connectivity index (χ4v) is 3.08. The molecule has 2 atom stereocenters. The molecule has 0 aliphatic carbocycles. The number of thioether (sulfide) groups is 1. The lowest BCUT2D eigenvalue weighted by atomic mass is 10.0. The van der Waals surface area contributed by atoms with Crippen molar-refractivity contribution >= 4 is 33.6 Å². The number of amides is 1. The van der Waals surface area contributed by atoms with Crippen LogP contribution in [0.1, 0.15) is 33.1 Å². The Morgan fingerprint density at radius 1 is 1.71 bits per heavy atom. The Kier molecular flexibility index (Phi) is 4.77. The van der Waals surface area contributed by atoms with E-state index in [-0.39, 0.29) is 16.7 Å². The first-order valence-corrected chi connectivity index (χ1v) is 7.28. The molecule has 1 aliphatic rings. The van der Waals surface area contributed by atoms with Crippen LogP contribution < -0.4 is 5.32 Å². The minimum absolute atomic E-state index is 0.0831. The van der Waals surface area contributed by atoms with E-state index in [0.29, 0.717) is 0 Å². The van der Waals surface area contributed by atoms with Gasteiger partial charge in [0, 0.05) is 10.9 Å². The van der Waals surface area contributed by atoms with Crippen molar-refractivity contribution in [2.75, 3.05) is 11.1 Å². The van der Waals surface area contributed by atoms with Crippen LogP contribution in [0.4, 0.5) is 0 Å². The van der Waals surface area contributed by atoms with Crippen LogP contribution in [0, 0.1) is 0 Å². The van der Waals surface area contributed by atoms with E-state index in [0.717, 1.165) is 23.9 Å². The van der Waals surface area contributed by atoms with Crippen molar-refractivity contribution in [2.24, 2.45) is 0 Å². The van der Waals surface area contributed by atoms with Gasteiger partial charge in [0.15, 0.2) is 0 Å². The van der Waals surface area contributed by atoms with Crippen LogP contribution in [0.2, 0.25) is 0 Å². The van der Waals surface area contributed by atoms with E-state index in [4.69, 9.17) is 0 Å². The maximum absolute atomic E-state index is 11.8. The maximum atomic E-state index is 11.8. The van der Waals surface area contributed by atoms with E-state index in [1.807, 2.05) is 0 Å². The zero-order chi connectivity index (χ0) is 10.6. The number of hydrogen-bond donors (Lipinski definition) is 1. The molecule has 82 valence electrons. The Balaban J connectivity index is 2.45. The third kappa shape index (κ3) is 3.16. The summed E-state index contributed by atoms with van der Waals surface area (Å²) in [5, 5.41) is 4.14. The number of rotatable bonds is 4. The van der Waals surface area contributed by atoms with E-state index >= 15 is 0 Å². The molecule has 0 aromatic heterocycles. The number of hydrogen-bond acceptors (Lipinski definition) is 2. The monoisotopic (exact) mass is 279 g/mol. The van der Waals surface area contributed by atoms with E-state index in [1.165, 1.54) is 6.42 Å². The molecule has 1 heterocycles. The Morgan fingerprint density at radius 3 is 2.86 bits per heavy atom. The maximum Gasteiger partial charge on any atom is 0.233 e. The molecule has 0 radical (unpaired) electrons. The van der Waals surface area contributed by atoms with Gasteiger partial charge in [-0.3, -0.25) is 4.79 Å². The second-order valence-electron chi connectivity index (χ2n) is 4.04. The first-order chi connectivity index (χ1) is 6.61. The van der Waals surface area contributed by atoms with Crippen LogP contribution in [0.3, 0.4) is 0 Å². The SMILES string of the molecule is CCC(C)(CBr)NC(=O)C1CCCS1. The lowest BCUT2D eigenvalue weighted by Gasteiger charge is -2.28. The smallest absolute Gasteiger partial charge is 0.233 e. The number of carbonyl (C=O) groups is 1. The molecule has 0 spiro atoms. The Hall–Kier alpha value is 0.300. The second kappa shape index (κ2) is 5.40. The number of carbonyl (C=O) groups excluding carboxylic acids is 1. The standard InChI is InChI=1S/C10H18BrNOS/c1-3-10(2,7-11)12-9(13)8-5-4-6-14-8/h8H,3-7H2,1-2H3,(H,12,13). The fourth-order valence-electron chi connectivity index (χ4n) is 1.38. The molecule has 1 rings (SSSR count). The highest BCUT2D eigenvalue weighted by Crippen LogP contribution is 2.27. The summed E-state index contributed by atoms with van der Waals surface area (Å²) in [5.74, 6) is 1.35. The van der Waals surface area contributed by atoms with Gasteiger partial charge < -0.3 is 5.32 Å². The van der Waals surface area contributed by atoms with Gasteiger partial charge in [0.1, 0.15) is 0 Å². The van der Waals surface area contributed by atoms with Crippen LogP contribution in [0.15, 0.2) is 0 Å². The van der Waals surface area contributed by atoms with Crippen LogP contribution in [-0.2, 0) is 4.79 Å². The van der Waals surface area contributed by atoms with Gasteiger partial charge in [-0.2, -0.15) is 0 Å². The predicted molar refractivity (Wildman–Crippen MR) is 66.1 cm³/mol. The fraction of sp³-hybridized carbons (Fsp3) is 0.900. The molecule has 4 heteroatoms. The van der Waals surface area contributed by atoms with Gasteiger partial charge >= 0.3 is 0 Å². The Morgan fingerprint density at radius 2 is 2.43 bits per heavy atom.